The second kappa shape index (κ2) is 15.9. The molecule has 300 valence electrons. The second-order valence-corrected chi connectivity index (χ2v) is 14.9. The van der Waals surface area contributed by atoms with Gasteiger partial charge in [-0.05, 0) is 90.9 Å². The van der Waals surface area contributed by atoms with Crippen LogP contribution in [0.2, 0.25) is 0 Å². The number of nitrogens with zero attached hydrogens (tertiary/aromatic N) is 4. The van der Waals surface area contributed by atoms with Gasteiger partial charge in [0.25, 0.3) is 11.5 Å². The Hall–Kier alpha value is -5.93. The number of pyridine rings is 1. The van der Waals surface area contributed by atoms with Crippen molar-refractivity contribution in [2.24, 2.45) is 7.05 Å². The summed E-state index contributed by atoms with van der Waals surface area (Å²) in [5.74, 6) is -2.33. The molecule has 1 unspecified atom stereocenters. The van der Waals surface area contributed by atoms with E-state index in [0.717, 1.165) is 42.3 Å². The molecule has 0 bridgehead atoms. The summed E-state index contributed by atoms with van der Waals surface area (Å²) in [7, 11) is 3.18. The lowest BCUT2D eigenvalue weighted by Gasteiger charge is -2.40. The number of imide groups is 1. The predicted molar refractivity (Wildman–Crippen MR) is 203 cm³/mol. The van der Waals surface area contributed by atoms with E-state index >= 15 is 0 Å². The molecule has 3 saturated heterocycles. The number of carbonyl (C=O) groups excluding carboxylic acids is 4. The molecule has 0 radical (unpaired) electrons. The van der Waals surface area contributed by atoms with Crippen LogP contribution in [0.5, 0.6) is 5.75 Å². The smallest absolute Gasteiger partial charge is 0.405 e. The van der Waals surface area contributed by atoms with E-state index in [0.29, 0.717) is 49.7 Å². The van der Waals surface area contributed by atoms with Crippen molar-refractivity contribution in [1.29, 1.82) is 0 Å². The third-order valence-electron chi connectivity index (χ3n) is 11.2. The maximum absolute atomic E-state index is 14.0. The number of anilines is 1. The van der Waals surface area contributed by atoms with Crippen LogP contribution in [0.25, 0.3) is 21.9 Å². The van der Waals surface area contributed by atoms with E-state index in [9.17, 15) is 41.5 Å². The number of urea groups is 1. The zero-order chi connectivity index (χ0) is 40.6. The van der Waals surface area contributed by atoms with Gasteiger partial charge in [0.05, 0.1) is 10.9 Å². The Morgan fingerprint density at radius 2 is 1.54 bits per heavy atom. The number of rotatable bonds is 7. The number of amides is 5. The number of aromatic nitrogens is 1. The average Bonchev–Trinajstić information content (AvgIpc) is 3.19. The van der Waals surface area contributed by atoms with E-state index in [-0.39, 0.29) is 59.4 Å². The van der Waals surface area contributed by atoms with Crippen molar-refractivity contribution < 1.29 is 41.5 Å². The van der Waals surface area contributed by atoms with Crippen LogP contribution in [0.4, 0.5) is 28.0 Å². The summed E-state index contributed by atoms with van der Waals surface area (Å²) in [5, 5.41) is 5.91. The number of ether oxygens (including phenoxy) is 1. The minimum atomic E-state index is -5.10. The first-order valence-corrected chi connectivity index (χ1v) is 18.9. The number of piperidine rings is 3. The van der Waals surface area contributed by atoms with Gasteiger partial charge in [-0.3, -0.25) is 24.5 Å². The molecule has 7 rings (SSSR count). The third-order valence-corrected chi connectivity index (χ3v) is 11.2. The highest BCUT2D eigenvalue weighted by Crippen LogP contribution is 2.36. The fraction of sp³-hybridized carbons (Fsp3) is 0.390. The largest absolute Gasteiger partial charge is 0.573 e. The van der Waals surface area contributed by atoms with Crippen LogP contribution in [-0.2, 0) is 16.6 Å². The lowest BCUT2D eigenvalue weighted by molar-refractivity contribution is -0.274. The van der Waals surface area contributed by atoms with Crippen LogP contribution in [0.1, 0.15) is 60.4 Å². The van der Waals surface area contributed by atoms with Gasteiger partial charge in [0, 0.05) is 70.2 Å². The molecule has 0 spiro atoms. The highest BCUT2D eigenvalue weighted by molar-refractivity contribution is 6.02. The van der Waals surface area contributed by atoms with Crippen molar-refractivity contribution >= 4 is 40.2 Å². The van der Waals surface area contributed by atoms with Crippen LogP contribution < -0.4 is 20.9 Å². The fourth-order valence-corrected chi connectivity index (χ4v) is 8.04. The monoisotopic (exact) mass is 790 g/mol. The summed E-state index contributed by atoms with van der Waals surface area (Å²) in [6.45, 7) is 1.54. The van der Waals surface area contributed by atoms with Gasteiger partial charge in [-0.15, -0.1) is 13.2 Å². The Morgan fingerprint density at radius 3 is 2.21 bits per heavy atom. The normalized spacial score (nSPS) is 18.4. The first-order valence-electron chi connectivity index (χ1n) is 18.9. The molecule has 1 atom stereocenters. The molecule has 5 amide bonds. The molecule has 57 heavy (non-hydrogen) atoms. The molecule has 4 aromatic rings. The van der Waals surface area contributed by atoms with Crippen LogP contribution in [0.3, 0.4) is 0 Å². The quantitative estimate of drug-likeness (QED) is 0.174. The highest BCUT2D eigenvalue weighted by atomic mass is 19.4. The Bertz CT molecular complexity index is 2260. The van der Waals surface area contributed by atoms with E-state index in [2.05, 4.69) is 15.4 Å². The van der Waals surface area contributed by atoms with Crippen molar-refractivity contribution in [1.82, 2.24) is 24.6 Å². The van der Waals surface area contributed by atoms with Crippen molar-refractivity contribution in [3.05, 3.63) is 94.2 Å². The van der Waals surface area contributed by atoms with E-state index in [4.69, 9.17) is 0 Å². The van der Waals surface area contributed by atoms with Gasteiger partial charge in [-0.2, -0.15) is 0 Å². The van der Waals surface area contributed by atoms with Gasteiger partial charge >= 0.3 is 12.4 Å². The Kier molecular flexibility index (Phi) is 11.0. The topological polar surface area (TPSA) is 133 Å². The van der Waals surface area contributed by atoms with Crippen molar-refractivity contribution in [3.8, 4) is 16.9 Å². The van der Waals surface area contributed by atoms with Gasteiger partial charge in [-0.1, -0.05) is 24.3 Å². The lowest BCUT2D eigenvalue weighted by Crippen LogP contribution is -2.52. The number of likely N-dealkylation sites (tertiary alicyclic amines) is 2. The maximum atomic E-state index is 14.0. The predicted octanol–water partition coefficient (Wildman–Crippen LogP) is 6.00. The second-order valence-electron chi connectivity index (χ2n) is 14.9. The molecule has 3 fully saturated rings. The summed E-state index contributed by atoms with van der Waals surface area (Å²) in [4.78, 5) is 68.5. The Morgan fingerprint density at radius 1 is 0.860 bits per heavy atom. The molecular formula is C41H42F4N6O6. The molecule has 1 aromatic heterocycles. The summed E-state index contributed by atoms with van der Waals surface area (Å²) < 4.78 is 60.6. The first-order chi connectivity index (χ1) is 27.1. The molecule has 16 heteroatoms. The maximum Gasteiger partial charge on any atom is 0.573 e. The highest BCUT2D eigenvalue weighted by Gasteiger charge is 2.36. The number of benzene rings is 3. The van der Waals surface area contributed by atoms with E-state index in [1.807, 2.05) is 29.2 Å². The molecule has 12 nitrogen and oxygen atoms in total. The first kappa shape index (κ1) is 39.3. The average molecular weight is 791 g/mol. The number of hydrogen-bond donors (Lipinski definition) is 2. The SMILES string of the molecule is CN(C(=O)N1CCC(c2ccc(NC3CCC(=O)NC3=O)cc2)CC1)C1CCN(C(=O)c2ccc(-c3cn(C)c(=O)c4cc(F)ccc34)cc2OC(F)(F)F)CC1. The van der Waals surface area contributed by atoms with Gasteiger partial charge < -0.3 is 29.3 Å². The molecule has 3 aliphatic heterocycles. The van der Waals surface area contributed by atoms with Gasteiger partial charge in [-0.25, -0.2) is 9.18 Å². The van der Waals surface area contributed by atoms with Crippen LogP contribution >= 0.6 is 0 Å². The van der Waals surface area contributed by atoms with Crippen molar-refractivity contribution in [2.45, 2.75) is 62.9 Å². The number of hydrogen-bond acceptors (Lipinski definition) is 7. The minimum absolute atomic E-state index is 0.0504. The number of alkyl halides is 3. The lowest BCUT2D eigenvalue weighted by atomic mass is 9.89. The number of halogens is 4. The standard InChI is InChI=1S/C41H42F4N6O6/c1-48-23-33(30-10-6-27(42)22-32(30)38(48)54)26-5-9-31(35(21-26)57-41(43,44)45)39(55)50-19-15-29(16-20-50)49(2)40(56)51-17-13-25(14-18-51)24-3-7-28(8-4-24)46-34-11-12-36(52)47-37(34)53/h3-10,21-23,25,29,34,46H,11-20H2,1-2H3,(H,47,52,53). The summed E-state index contributed by atoms with van der Waals surface area (Å²) in [6, 6.07) is 14.5. The molecule has 4 heterocycles. The molecule has 0 saturated carbocycles. The number of aryl methyl sites for hydroxylation is 1. The zero-order valence-corrected chi connectivity index (χ0v) is 31.4. The molecule has 0 aliphatic carbocycles. The van der Waals surface area contributed by atoms with Gasteiger partial charge in [0.2, 0.25) is 11.8 Å². The molecular weight excluding hydrogens is 748 g/mol. The van der Waals surface area contributed by atoms with Crippen LogP contribution in [-0.4, -0.2) is 94.7 Å². The van der Waals surface area contributed by atoms with E-state index in [1.54, 1.807) is 11.9 Å². The summed E-state index contributed by atoms with van der Waals surface area (Å²) in [5.41, 5.74) is 1.74. The fourth-order valence-electron chi connectivity index (χ4n) is 8.04. The van der Waals surface area contributed by atoms with E-state index in [1.165, 1.54) is 40.9 Å². The number of nitrogens with one attached hydrogen (secondary N) is 2. The third kappa shape index (κ3) is 8.59. The Labute approximate surface area is 325 Å². The van der Waals surface area contributed by atoms with Gasteiger partial charge in [0.15, 0.2) is 0 Å². The van der Waals surface area contributed by atoms with Crippen molar-refractivity contribution in [2.75, 3.05) is 38.5 Å². The van der Waals surface area contributed by atoms with Crippen LogP contribution in [0.15, 0.2) is 71.7 Å². The zero-order valence-electron chi connectivity index (χ0n) is 31.4. The summed E-state index contributed by atoms with van der Waals surface area (Å²) >= 11 is 0. The molecule has 2 N–H and O–H groups in total. The Balaban J connectivity index is 0.956. The van der Waals surface area contributed by atoms with Crippen LogP contribution in [0, 0.1) is 5.82 Å². The summed E-state index contributed by atoms with van der Waals surface area (Å²) in [6.07, 6.45) is -0.543. The minimum Gasteiger partial charge on any atom is -0.405 e. The molecule has 3 aromatic carbocycles. The van der Waals surface area contributed by atoms with Gasteiger partial charge in [0.1, 0.15) is 17.6 Å². The van der Waals surface area contributed by atoms with E-state index < -0.39 is 35.4 Å². The molecule has 3 aliphatic rings. The number of carbonyl (C=O) groups is 4. The van der Waals surface area contributed by atoms with Crippen molar-refractivity contribution in [3.63, 3.8) is 0 Å². The number of fused-ring (bicyclic) bond motifs is 1.